The van der Waals surface area contributed by atoms with Gasteiger partial charge in [0, 0.05) is 13.7 Å². The third-order valence-corrected chi connectivity index (χ3v) is 2.31. The summed E-state index contributed by atoms with van der Waals surface area (Å²) in [7, 11) is 1.72. The van der Waals surface area contributed by atoms with Gasteiger partial charge in [-0.05, 0) is 19.4 Å². The maximum absolute atomic E-state index is 8.39. The largest absolute Gasteiger partial charge is 0.409 e. The van der Waals surface area contributed by atoms with E-state index in [1.807, 2.05) is 0 Å². The number of hydrogen-bond acceptors (Lipinski definition) is 4. The summed E-state index contributed by atoms with van der Waals surface area (Å²) in [4.78, 5) is 2.13. The van der Waals surface area contributed by atoms with Crippen molar-refractivity contribution in [3.05, 3.63) is 0 Å². The Balaban J connectivity index is 2.34. The fourth-order valence-electron chi connectivity index (χ4n) is 1.61. The van der Waals surface area contributed by atoms with Crippen LogP contribution in [0.1, 0.15) is 12.8 Å². The van der Waals surface area contributed by atoms with Crippen LogP contribution in [0.25, 0.3) is 0 Å². The molecule has 1 saturated heterocycles. The predicted octanol–water partition coefficient (Wildman–Crippen LogP) is -0.156. The van der Waals surface area contributed by atoms with Crippen molar-refractivity contribution in [1.29, 1.82) is 0 Å². The molecule has 0 radical (unpaired) electrons. The lowest BCUT2D eigenvalue weighted by molar-refractivity contribution is 0.0367. The molecule has 0 aromatic rings. The molecule has 0 aromatic carbocycles. The smallest absolute Gasteiger partial charge is 0.153 e. The minimum absolute atomic E-state index is 0.261. The van der Waals surface area contributed by atoms with Crippen LogP contribution >= 0.6 is 0 Å². The molecule has 1 atom stereocenters. The van der Waals surface area contributed by atoms with Crippen molar-refractivity contribution >= 4 is 5.84 Å². The van der Waals surface area contributed by atoms with Gasteiger partial charge in [-0.3, -0.25) is 4.90 Å². The van der Waals surface area contributed by atoms with Gasteiger partial charge in [0.05, 0.1) is 12.6 Å². The van der Waals surface area contributed by atoms with Gasteiger partial charge in [-0.2, -0.15) is 0 Å². The number of piperidine rings is 1. The Morgan fingerprint density at radius 2 is 2.54 bits per heavy atom. The van der Waals surface area contributed by atoms with Crippen LogP contribution in [-0.4, -0.2) is 48.8 Å². The topological polar surface area (TPSA) is 71.1 Å². The molecule has 1 fully saturated rings. The van der Waals surface area contributed by atoms with Crippen LogP contribution in [0.4, 0.5) is 0 Å². The molecule has 76 valence electrons. The average Bonchev–Trinajstić information content (AvgIpc) is 2.18. The van der Waals surface area contributed by atoms with Crippen molar-refractivity contribution in [3.63, 3.8) is 0 Å². The number of rotatable bonds is 3. The van der Waals surface area contributed by atoms with E-state index in [0.29, 0.717) is 12.6 Å². The Morgan fingerprint density at radius 3 is 3.15 bits per heavy atom. The van der Waals surface area contributed by atoms with Gasteiger partial charge in [0.25, 0.3) is 0 Å². The van der Waals surface area contributed by atoms with Crippen LogP contribution in [0.3, 0.4) is 0 Å². The molecule has 0 aliphatic carbocycles. The highest BCUT2D eigenvalue weighted by Crippen LogP contribution is 2.11. The molecule has 0 amide bonds. The number of nitrogens with zero attached hydrogens (tertiary/aromatic N) is 2. The summed E-state index contributed by atoms with van der Waals surface area (Å²) in [6.45, 7) is 2.39. The van der Waals surface area contributed by atoms with Crippen molar-refractivity contribution in [2.45, 2.75) is 18.9 Å². The van der Waals surface area contributed by atoms with Crippen molar-refractivity contribution in [2.75, 3.05) is 26.7 Å². The van der Waals surface area contributed by atoms with E-state index in [0.717, 1.165) is 25.9 Å². The summed E-state index contributed by atoms with van der Waals surface area (Å²) in [5.74, 6) is 0.261. The first-order chi connectivity index (χ1) is 6.26. The van der Waals surface area contributed by atoms with Crippen LogP contribution in [0, 0.1) is 0 Å². The van der Waals surface area contributed by atoms with Gasteiger partial charge in [0.2, 0.25) is 0 Å². The number of likely N-dealkylation sites (tertiary alicyclic amines) is 1. The first-order valence-corrected chi connectivity index (χ1v) is 4.47. The molecule has 0 aromatic heterocycles. The Kier molecular flexibility index (Phi) is 3.98. The highest BCUT2D eigenvalue weighted by Gasteiger charge is 2.19. The average molecular weight is 187 g/mol. The van der Waals surface area contributed by atoms with E-state index in [2.05, 4.69) is 10.1 Å². The standard InChI is InChI=1S/C8H17N3O2/c1-13-7-3-2-4-11(5-7)6-8(9)10-12/h7,12H,2-6H2,1H3,(H2,9,10)/t7-/m0/s1. The first-order valence-electron chi connectivity index (χ1n) is 4.47. The number of nitrogens with two attached hydrogens (primary N) is 1. The highest BCUT2D eigenvalue weighted by atomic mass is 16.5. The zero-order valence-corrected chi connectivity index (χ0v) is 7.94. The Hall–Kier alpha value is -0.810. The van der Waals surface area contributed by atoms with Gasteiger partial charge in [-0.1, -0.05) is 5.16 Å². The van der Waals surface area contributed by atoms with Crippen molar-refractivity contribution < 1.29 is 9.94 Å². The Morgan fingerprint density at radius 1 is 1.77 bits per heavy atom. The second-order valence-electron chi connectivity index (χ2n) is 3.33. The minimum Gasteiger partial charge on any atom is -0.409 e. The quantitative estimate of drug-likeness (QED) is 0.279. The minimum atomic E-state index is 0.261. The van der Waals surface area contributed by atoms with E-state index in [9.17, 15) is 0 Å². The third kappa shape index (κ3) is 3.20. The molecule has 5 nitrogen and oxygen atoms in total. The SMILES string of the molecule is CO[C@H]1CCCN(C/C(N)=N\O)C1. The second kappa shape index (κ2) is 5.04. The van der Waals surface area contributed by atoms with Crippen molar-refractivity contribution in [1.82, 2.24) is 4.90 Å². The molecule has 0 saturated carbocycles. The lowest BCUT2D eigenvalue weighted by atomic mass is 10.1. The molecule has 1 rings (SSSR count). The van der Waals surface area contributed by atoms with E-state index < -0.39 is 0 Å². The summed E-state index contributed by atoms with van der Waals surface area (Å²) < 4.78 is 5.25. The maximum atomic E-state index is 8.39. The van der Waals surface area contributed by atoms with Gasteiger partial charge in [0.1, 0.15) is 0 Å². The van der Waals surface area contributed by atoms with E-state index in [1.165, 1.54) is 0 Å². The van der Waals surface area contributed by atoms with Crippen molar-refractivity contribution in [3.8, 4) is 0 Å². The van der Waals surface area contributed by atoms with Gasteiger partial charge in [0.15, 0.2) is 5.84 Å². The molecule has 1 heterocycles. The summed E-state index contributed by atoms with van der Waals surface area (Å²) in [6, 6.07) is 0. The molecule has 5 heteroatoms. The first kappa shape index (κ1) is 10.3. The number of hydrogen-bond donors (Lipinski definition) is 2. The fraction of sp³-hybridized carbons (Fsp3) is 0.875. The second-order valence-corrected chi connectivity index (χ2v) is 3.33. The summed E-state index contributed by atoms with van der Waals surface area (Å²) >= 11 is 0. The van der Waals surface area contributed by atoms with E-state index in [-0.39, 0.29) is 5.84 Å². The molecule has 13 heavy (non-hydrogen) atoms. The fourth-order valence-corrected chi connectivity index (χ4v) is 1.61. The lowest BCUT2D eigenvalue weighted by Gasteiger charge is -2.31. The normalized spacial score (nSPS) is 26.2. The van der Waals surface area contributed by atoms with Crippen LogP contribution in [-0.2, 0) is 4.74 Å². The zero-order chi connectivity index (χ0) is 9.68. The maximum Gasteiger partial charge on any atom is 0.153 e. The molecule has 0 unspecified atom stereocenters. The number of amidine groups is 1. The van der Waals surface area contributed by atoms with Gasteiger partial charge >= 0.3 is 0 Å². The molecule has 1 aliphatic rings. The molecular weight excluding hydrogens is 170 g/mol. The Bertz CT molecular complexity index is 184. The summed E-state index contributed by atoms with van der Waals surface area (Å²) in [5, 5.41) is 11.3. The molecule has 1 aliphatic heterocycles. The monoisotopic (exact) mass is 187 g/mol. The van der Waals surface area contributed by atoms with E-state index in [4.69, 9.17) is 15.7 Å². The Labute approximate surface area is 78.1 Å². The van der Waals surface area contributed by atoms with Crippen LogP contribution < -0.4 is 5.73 Å². The predicted molar refractivity (Wildman–Crippen MR) is 49.9 cm³/mol. The lowest BCUT2D eigenvalue weighted by Crippen LogP contribution is -2.43. The van der Waals surface area contributed by atoms with Gasteiger partial charge in [-0.25, -0.2) is 0 Å². The van der Waals surface area contributed by atoms with Crippen LogP contribution in [0.15, 0.2) is 5.16 Å². The van der Waals surface area contributed by atoms with Gasteiger partial charge < -0.3 is 15.7 Å². The molecular formula is C8H17N3O2. The molecule has 3 N–H and O–H groups in total. The van der Waals surface area contributed by atoms with E-state index >= 15 is 0 Å². The van der Waals surface area contributed by atoms with Gasteiger partial charge in [-0.15, -0.1) is 0 Å². The van der Waals surface area contributed by atoms with E-state index in [1.54, 1.807) is 7.11 Å². The van der Waals surface area contributed by atoms with Crippen molar-refractivity contribution in [2.24, 2.45) is 10.9 Å². The van der Waals surface area contributed by atoms with Crippen LogP contribution in [0.5, 0.6) is 0 Å². The highest BCUT2D eigenvalue weighted by molar-refractivity contribution is 5.81. The molecule has 0 spiro atoms. The molecule has 0 bridgehead atoms. The number of ether oxygens (including phenoxy) is 1. The number of oxime groups is 1. The van der Waals surface area contributed by atoms with Crippen LogP contribution in [0.2, 0.25) is 0 Å². The third-order valence-electron chi connectivity index (χ3n) is 2.31. The summed E-state index contributed by atoms with van der Waals surface area (Å²) in [5.41, 5.74) is 5.41. The summed E-state index contributed by atoms with van der Waals surface area (Å²) in [6.07, 6.45) is 2.50. The zero-order valence-electron chi connectivity index (χ0n) is 7.94. The number of methoxy groups -OCH3 is 1.